The van der Waals surface area contributed by atoms with E-state index in [2.05, 4.69) is 5.32 Å². The van der Waals surface area contributed by atoms with E-state index in [1.54, 1.807) is 24.3 Å². The average molecular weight is 345 g/mol. The second-order valence-electron chi connectivity index (χ2n) is 5.59. The summed E-state index contributed by atoms with van der Waals surface area (Å²) < 4.78 is 2.17. The van der Waals surface area contributed by atoms with E-state index in [4.69, 9.17) is 11.6 Å². The Bertz CT molecular complexity index is 998. The number of halogens is 1. The molecule has 0 saturated heterocycles. The zero-order valence-electron chi connectivity index (χ0n) is 12.9. The van der Waals surface area contributed by atoms with Crippen molar-refractivity contribution in [2.24, 2.45) is 20.0 Å². The first kappa shape index (κ1) is 16.0. The standard InChI is InChI=1S/C16H13ClN4O3/c1-20-13-12(15(23)21(2)16(20)24)11(10(7-18)14(22)19-13)8-3-5-9(17)6-4-8/h3-6,10-11H,1-2H3,(H,19,22). The van der Waals surface area contributed by atoms with Crippen LogP contribution in [0.2, 0.25) is 5.02 Å². The molecule has 1 aromatic heterocycles. The second kappa shape index (κ2) is 5.65. The van der Waals surface area contributed by atoms with Crippen LogP contribution in [0.15, 0.2) is 33.9 Å². The monoisotopic (exact) mass is 344 g/mol. The van der Waals surface area contributed by atoms with Crippen molar-refractivity contribution in [1.29, 1.82) is 5.26 Å². The van der Waals surface area contributed by atoms with Crippen LogP contribution in [0.5, 0.6) is 0 Å². The molecular weight excluding hydrogens is 332 g/mol. The minimum absolute atomic E-state index is 0.125. The van der Waals surface area contributed by atoms with Crippen molar-refractivity contribution in [1.82, 2.24) is 9.13 Å². The largest absolute Gasteiger partial charge is 0.332 e. The Kier molecular flexibility index (Phi) is 3.78. The highest BCUT2D eigenvalue weighted by Gasteiger charge is 2.40. The molecular formula is C16H13ClN4O3. The first-order valence-electron chi connectivity index (χ1n) is 7.12. The van der Waals surface area contributed by atoms with E-state index >= 15 is 0 Å². The topological polar surface area (TPSA) is 96.9 Å². The van der Waals surface area contributed by atoms with Gasteiger partial charge in [0, 0.05) is 25.0 Å². The Morgan fingerprint density at radius 3 is 2.33 bits per heavy atom. The van der Waals surface area contributed by atoms with Gasteiger partial charge >= 0.3 is 5.69 Å². The van der Waals surface area contributed by atoms with Crippen molar-refractivity contribution in [3.8, 4) is 6.07 Å². The zero-order valence-corrected chi connectivity index (χ0v) is 13.7. The number of anilines is 1. The fourth-order valence-corrected chi connectivity index (χ4v) is 3.10. The van der Waals surface area contributed by atoms with Gasteiger partial charge in [-0.25, -0.2) is 4.79 Å². The summed E-state index contributed by atoms with van der Waals surface area (Å²) in [5.74, 6) is -2.28. The van der Waals surface area contributed by atoms with E-state index < -0.39 is 29.0 Å². The lowest BCUT2D eigenvalue weighted by atomic mass is 9.79. The molecule has 1 N–H and O–H groups in total. The Labute approximate surface area is 141 Å². The summed E-state index contributed by atoms with van der Waals surface area (Å²) in [7, 11) is 2.83. The molecule has 0 spiro atoms. The van der Waals surface area contributed by atoms with Crippen LogP contribution in [0.25, 0.3) is 0 Å². The summed E-state index contributed by atoms with van der Waals surface area (Å²) in [6, 6.07) is 8.56. The fraction of sp³-hybridized carbons (Fsp3) is 0.250. The lowest BCUT2D eigenvalue weighted by Crippen LogP contribution is -2.46. The van der Waals surface area contributed by atoms with Crippen LogP contribution in [0.1, 0.15) is 17.0 Å². The molecule has 2 heterocycles. The maximum atomic E-state index is 12.7. The third-order valence-electron chi connectivity index (χ3n) is 4.24. The first-order valence-corrected chi connectivity index (χ1v) is 7.50. The number of carbonyl (C=O) groups is 1. The van der Waals surface area contributed by atoms with Gasteiger partial charge in [-0.1, -0.05) is 23.7 Å². The van der Waals surface area contributed by atoms with Crippen molar-refractivity contribution >= 4 is 23.3 Å². The maximum Gasteiger partial charge on any atom is 0.332 e. The molecule has 1 amide bonds. The van der Waals surface area contributed by atoms with E-state index in [1.165, 1.54) is 18.7 Å². The van der Waals surface area contributed by atoms with Gasteiger partial charge in [0.25, 0.3) is 5.56 Å². The predicted octanol–water partition coefficient (Wildman–Crippen LogP) is 0.961. The van der Waals surface area contributed by atoms with Crippen molar-refractivity contribution < 1.29 is 4.79 Å². The maximum absolute atomic E-state index is 12.7. The van der Waals surface area contributed by atoms with E-state index in [0.717, 1.165) is 4.57 Å². The Morgan fingerprint density at radius 2 is 1.75 bits per heavy atom. The lowest BCUT2D eigenvalue weighted by Gasteiger charge is -2.30. The lowest BCUT2D eigenvalue weighted by molar-refractivity contribution is -0.119. The summed E-state index contributed by atoms with van der Waals surface area (Å²) in [5.41, 5.74) is -0.261. The highest BCUT2D eigenvalue weighted by molar-refractivity contribution is 6.30. The van der Waals surface area contributed by atoms with Gasteiger partial charge in [-0.15, -0.1) is 0 Å². The molecule has 1 aromatic carbocycles. The number of benzene rings is 1. The van der Waals surface area contributed by atoms with Crippen molar-refractivity contribution in [3.05, 3.63) is 61.3 Å². The Morgan fingerprint density at radius 1 is 1.12 bits per heavy atom. The molecule has 0 bridgehead atoms. The highest BCUT2D eigenvalue weighted by Crippen LogP contribution is 2.38. The molecule has 8 heteroatoms. The van der Waals surface area contributed by atoms with Crippen LogP contribution in [0, 0.1) is 17.2 Å². The number of aromatic nitrogens is 2. The van der Waals surface area contributed by atoms with Crippen LogP contribution in [0.3, 0.4) is 0 Å². The summed E-state index contributed by atoms with van der Waals surface area (Å²) in [6.45, 7) is 0. The Hall–Kier alpha value is -2.85. The summed E-state index contributed by atoms with van der Waals surface area (Å²) in [6.07, 6.45) is 0. The number of nitrogens with zero attached hydrogens (tertiary/aromatic N) is 3. The van der Waals surface area contributed by atoms with Crippen LogP contribution in [-0.2, 0) is 18.9 Å². The van der Waals surface area contributed by atoms with E-state index in [1.807, 2.05) is 6.07 Å². The van der Waals surface area contributed by atoms with Crippen LogP contribution in [-0.4, -0.2) is 15.0 Å². The van der Waals surface area contributed by atoms with Crippen molar-refractivity contribution in [3.63, 3.8) is 0 Å². The molecule has 2 atom stereocenters. The first-order chi connectivity index (χ1) is 11.4. The molecule has 2 unspecified atom stereocenters. The molecule has 0 saturated carbocycles. The molecule has 1 aliphatic heterocycles. The smallest absolute Gasteiger partial charge is 0.310 e. The number of amides is 1. The zero-order chi connectivity index (χ0) is 17.6. The highest BCUT2D eigenvalue weighted by atomic mass is 35.5. The van der Waals surface area contributed by atoms with Crippen LogP contribution < -0.4 is 16.6 Å². The normalized spacial score (nSPS) is 19.3. The fourth-order valence-electron chi connectivity index (χ4n) is 2.98. The van der Waals surface area contributed by atoms with Crippen molar-refractivity contribution in [2.45, 2.75) is 5.92 Å². The SMILES string of the molecule is Cn1c2c(c(=O)n(C)c1=O)C(c1ccc(Cl)cc1)C(C#N)C(=O)N2. The van der Waals surface area contributed by atoms with E-state index in [-0.39, 0.29) is 11.4 Å². The summed E-state index contributed by atoms with van der Waals surface area (Å²) in [5, 5.41) is 12.5. The van der Waals surface area contributed by atoms with Crippen molar-refractivity contribution in [2.75, 3.05) is 5.32 Å². The van der Waals surface area contributed by atoms with Gasteiger partial charge in [-0.05, 0) is 17.7 Å². The molecule has 2 aromatic rings. The molecule has 7 nitrogen and oxygen atoms in total. The predicted molar refractivity (Wildman–Crippen MR) is 88.0 cm³/mol. The molecule has 0 aliphatic carbocycles. The van der Waals surface area contributed by atoms with E-state index in [9.17, 15) is 19.6 Å². The molecule has 0 fully saturated rings. The number of hydrogen-bond acceptors (Lipinski definition) is 4. The van der Waals surface area contributed by atoms with Gasteiger partial charge in [-0.2, -0.15) is 5.26 Å². The molecule has 122 valence electrons. The molecule has 1 aliphatic rings. The molecule has 0 radical (unpaired) electrons. The van der Waals surface area contributed by atoms with Crippen LogP contribution in [0.4, 0.5) is 5.82 Å². The van der Waals surface area contributed by atoms with Gasteiger partial charge in [0.15, 0.2) is 0 Å². The van der Waals surface area contributed by atoms with Gasteiger partial charge in [0.1, 0.15) is 11.7 Å². The molecule has 24 heavy (non-hydrogen) atoms. The number of hydrogen-bond donors (Lipinski definition) is 1. The van der Waals surface area contributed by atoms with Gasteiger partial charge in [0.2, 0.25) is 5.91 Å². The minimum Gasteiger partial charge on any atom is -0.310 e. The quantitative estimate of drug-likeness (QED) is 0.833. The summed E-state index contributed by atoms with van der Waals surface area (Å²) >= 11 is 5.90. The number of nitriles is 1. The number of carbonyl (C=O) groups excluding carboxylic acids is 1. The second-order valence-corrected chi connectivity index (χ2v) is 6.03. The third-order valence-corrected chi connectivity index (χ3v) is 4.49. The minimum atomic E-state index is -1.08. The van der Waals surface area contributed by atoms with Gasteiger partial charge < -0.3 is 5.32 Å². The number of rotatable bonds is 1. The third kappa shape index (κ3) is 2.23. The van der Waals surface area contributed by atoms with Gasteiger partial charge in [-0.3, -0.25) is 18.7 Å². The summed E-state index contributed by atoms with van der Waals surface area (Å²) in [4.78, 5) is 37.1. The molecule has 3 rings (SSSR count). The average Bonchev–Trinajstić information content (AvgIpc) is 2.57. The van der Waals surface area contributed by atoms with Gasteiger partial charge in [0.05, 0.1) is 11.6 Å². The number of fused-ring (bicyclic) bond motifs is 1. The number of nitrogens with one attached hydrogen (secondary N) is 1. The Balaban J connectivity index is 2.38. The van der Waals surface area contributed by atoms with E-state index in [0.29, 0.717) is 10.6 Å². The van der Waals surface area contributed by atoms with Crippen LogP contribution >= 0.6 is 11.6 Å².